The lowest BCUT2D eigenvalue weighted by Gasteiger charge is -2.08. The Morgan fingerprint density at radius 1 is 1.62 bits per heavy atom. The fourth-order valence-corrected chi connectivity index (χ4v) is 1.61. The molecule has 1 aliphatic rings. The molecule has 1 aromatic heterocycles. The van der Waals surface area contributed by atoms with E-state index in [9.17, 15) is 13.6 Å². The van der Waals surface area contributed by atoms with Crippen molar-refractivity contribution >= 4 is 5.78 Å². The molecule has 0 unspecified atom stereocenters. The number of nitrogens with one attached hydrogen (secondary N) is 1. The van der Waals surface area contributed by atoms with E-state index in [4.69, 9.17) is 0 Å². The number of carbonyl (C=O) groups is 1. The van der Waals surface area contributed by atoms with E-state index in [-0.39, 0.29) is 24.1 Å². The lowest BCUT2D eigenvalue weighted by Crippen LogP contribution is -2.12. The number of Topliss-reactive ketones (excluding diaryl/α,β-unsaturated/α-hetero) is 1. The standard InChI is InChI=1S/C8H8F2N2O/c1-4(13)7-6-5(11-12-7)2-3-8(6,9)10/h2-3H2,1H3,(H,11,12). The number of alkyl halides is 2. The number of aryl methyl sites for hydroxylation is 1. The topological polar surface area (TPSA) is 45.8 Å². The van der Waals surface area contributed by atoms with Crippen molar-refractivity contribution in [3.8, 4) is 0 Å². The number of rotatable bonds is 1. The number of halogens is 2. The quantitative estimate of drug-likeness (QED) is 0.678. The highest BCUT2D eigenvalue weighted by atomic mass is 19.3. The number of fused-ring (bicyclic) bond motifs is 1. The zero-order valence-electron chi connectivity index (χ0n) is 7.03. The van der Waals surface area contributed by atoms with Crippen LogP contribution in [0.2, 0.25) is 0 Å². The number of hydrogen-bond acceptors (Lipinski definition) is 2. The number of aromatic nitrogens is 2. The summed E-state index contributed by atoms with van der Waals surface area (Å²) < 4.78 is 26.4. The van der Waals surface area contributed by atoms with Gasteiger partial charge in [0, 0.05) is 19.0 Å². The fourth-order valence-electron chi connectivity index (χ4n) is 1.61. The highest BCUT2D eigenvalue weighted by molar-refractivity contribution is 5.94. The molecule has 0 radical (unpaired) electrons. The molecule has 13 heavy (non-hydrogen) atoms. The summed E-state index contributed by atoms with van der Waals surface area (Å²) in [6.07, 6.45) is 0.0412. The summed E-state index contributed by atoms with van der Waals surface area (Å²) >= 11 is 0. The van der Waals surface area contributed by atoms with Crippen molar-refractivity contribution in [2.24, 2.45) is 0 Å². The molecule has 0 bridgehead atoms. The fraction of sp³-hybridized carbons (Fsp3) is 0.500. The lowest BCUT2D eigenvalue weighted by molar-refractivity contribution is -0.00275. The second-order valence-corrected chi connectivity index (χ2v) is 3.19. The molecular formula is C8H8F2N2O. The predicted molar refractivity (Wildman–Crippen MR) is 40.8 cm³/mol. The van der Waals surface area contributed by atoms with Crippen LogP contribution in [0, 0.1) is 0 Å². The van der Waals surface area contributed by atoms with Gasteiger partial charge in [-0.05, 0) is 6.42 Å². The average Bonchev–Trinajstić information content (AvgIpc) is 2.53. The first-order chi connectivity index (χ1) is 6.02. The van der Waals surface area contributed by atoms with Gasteiger partial charge < -0.3 is 0 Å². The Morgan fingerprint density at radius 3 is 2.92 bits per heavy atom. The Labute approximate surface area is 73.1 Å². The summed E-state index contributed by atoms with van der Waals surface area (Å²) in [6, 6.07) is 0. The molecule has 1 aromatic rings. The minimum atomic E-state index is -2.89. The molecule has 5 heteroatoms. The predicted octanol–water partition coefficient (Wildman–Crippen LogP) is 1.65. The molecule has 2 rings (SSSR count). The first-order valence-electron chi connectivity index (χ1n) is 3.99. The van der Waals surface area contributed by atoms with Crippen molar-refractivity contribution in [1.82, 2.24) is 10.2 Å². The highest BCUT2D eigenvalue weighted by Crippen LogP contribution is 2.42. The molecule has 0 atom stereocenters. The molecular weight excluding hydrogens is 178 g/mol. The summed E-state index contributed by atoms with van der Waals surface area (Å²) in [5.41, 5.74) is 0.0905. The molecule has 1 aliphatic carbocycles. The average molecular weight is 186 g/mol. The van der Waals surface area contributed by atoms with E-state index in [1.165, 1.54) is 6.92 Å². The third kappa shape index (κ3) is 1.07. The molecule has 1 N–H and O–H groups in total. The van der Waals surface area contributed by atoms with Gasteiger partial charge in [-0.2, -0.15) is 5.10 Å². The van der Waals surface area contributed by atoms with Crippen LogP contribution in [0.3, 0.4) is 0 Å². The van der Waals surface area contributed by atoms with E-state index < -0.39 is 11.7 Å². The lowest BCUT2D eigenvalue weighted by atomic mass is 10.1. The Bertz CT molecular complexity index is 370. The minimum absolute atomic E-state index is 0.113. The molecule has 0 amide bonds. The van der Waals surface area contributed by atoms with Crippen molar-refractivity contribution in [2.75, 3.05) is 0 Å². The van der Waals surface area contributed by atoms with Crippen molar-refractivity contribution in [3.63, 3.8) is 0 Å². The molecule has 3 nitrogen and oxygen atoms in total. The molecule has 1 heterocycles. The van der Waals surface area contributed by atoms with Crippen LogP contribution in [0.15, 0.2) is 0 Å². The number of nitrogens with zero attached hydrogens (tertiary/aromatic N) is 1. The van der Waals surface area contributed by atoms with Crippen LogP contribution < -0.4 is 0 Å². The summed E-state index contributed by atoms with van der Waals surface area (Å²) in [4.78, 5) is 10.9. The van der Waals surface area contributed by atoms with Gasteiger partial charge in [-0.1, -0.05) is 0 Å². The van der Waals surface area contributed by atoms with Crippen LogP contribution >= 0.6 is 0 Å². The van der Waals surface area contributed by atoms with Crippen molar-refractivity contribution in [3.05, 3.63) is 17.0 Å². The largest absolute Gasteiger partial charge is 0.293 e. The van der Waals surface area contributed by atoms with E-state index in [1.807, 2.05) is 0 Å². The Balaban J connectivity index is 2.59. The Kier molecular flexibility index (Phi) is 1.52. The molecule has 0 fully saturated rings. The minimum Gasteiger partial charge on any atom is -0.293 e. The maximum absolute atomic E-state index is 13.2. The van der Waals surface area contributed by atoms with Gasteiger partial charge in [0.05, 0.1) is 5.56 Å². The summed E-state index contributed by atoms with van der Waals surface area (Å²) in [7, 11) is 0. The van der Waals surface area contributed by atoms with Crippen molar-refractivity contribution in [1.29, 1.82) is 0 Å². The van der Waals surface area contributed by atoms with Crippen LogP contribution in [-0.2, 0) is 12.3 Å². The van der Waals surface area contributed by atoms with Crippen LogP contribution in [0.4, 0.5) is 8.78 Å². The van der Waals surface area contributed by atoms with E-state index >= 15 is 0 Å². The van der Waals surface area contributed by atoms with Gasteiger partial charge in [-0.15, -0.1) is 0 Å². The maximum atomic E-state index is 13.2. The Hall–Kier alpha value is -1.26. The first kappa shape index (κ1) is 8.34. The molecule has 70 valence electrons. The zero-order valence-corrected chi connectivity index (χ0v) is 7.03. The van der Waals surface area contributed by atoms with Crippen LogP contribution in [-0.4, -0.2) is 16.0 Å². The highest BCUT2D eigenvalue weighted by Gasteiger charge is 2.44. The van der Waals surface area contributed by atoms with Crippen LogP contribution in [0.25, 0.3) is 0 Å². The van der Waals surface area contributed by atoms with E-state index in [1.54, 1.807) is 0 Å². The molecule has 0 aromatic carbocycles. The van der Waals surface area contributed by atoms with E-state index in [0.717, 1.165) is 0 Å². The van der Waals surface area contributed by atoms with Gasteiger partial charge in [0.15, 0.2) is 5.78 Å². The van der Waals surface area contributed by atoms with E-state index in [0.29, 0.717) is 5.69 Å². The monoisotopic (exact) mass is 186 g/mol. The normalized spacial score (nSPS) is 18.7. The van der Waals surface area contributed by atoms with Crippen molar-refractivity contribution in [2.45, 2.75) is 25.7 Å². The summed E-state index contributed by atoms with van der Waals surface area (Å²) in [6.45, 7) is 1.24. The smallest absolute Gasteiger partial charge is 0.277 e. The number of carbonyl (C=O) groups excluding carboxylic acids is 1. The van der Waals surface area contributed by atoms with Gasteiger partial charge >= 0.3 is 0 Å². The number of aromatic amines is 1. The van der Waals surface area contributed by atoms with Gasteiger partial charge in [-0.25, -0.2) is 8.78 Å². The second kappa shape index (κ2) is 2.37. The summed E-state index contributed by atoms with van der Waals surface area (Å²) in [5.74, 6) is -3.30. The number of ketones is 1. The van der Waals surface area contributed by atoms with Crippen LogP contribution in [0.1, 0.15) is 35.1 Å². The Morgan fingerprint density at radius 2 is 2.31 bits per heavy atom. The van der Waals surface area contributed by atoms with Crippen molar-refractivity contribution < 1.29 is 13.6 Å². The van der Waals surface area contributed by atoms with Gasteiger partial charge in [-0.3, -0.25) is 9.89 Å². The zero-order chi connectivity index (χ0) is 9.64. The second-order valence-electron chi connectivity index (χ2n) is 3.19. The molecule has 0 saturated heterocycles. The molecule has 0 saturated carbocycles. The maximum Gasteiger partial charge on any atom is 0.277 e. The first-order valence-corrected chi connectivity index (χ1v) is 3.99. The molecule has 0 spiro atoms. The van der Waals surface area contributed by atoms with Crippen LogP contribution in [0.5, 0.6) is 0 Å². The van der Waals surface area contributed by atoms with Gasteiger partial charge in [0.1, 0.15) is 5.69 Å². The van der Waals surface area contributed by atoms with E-state index in [2.05, 4.69) is 10.2 Å². The summed E-state index contributed by atoms with van der Waals surface area (Å²) in [5, 5.41) is 6.05. The number of H-pyrrole nitrogens is 1. The number of hydrogen-bond donors (Lipinski definition) is 1. The third-order valence-electron chi connectivity index (χ3n) is 2.23. The van der Waals surface area contributed by atoms with Gasteiger partial charge in [0.2, 0.25) is 0 Å². The molecule has 0 aliphatic heterocycles. The SMILES string of the molecule is CC(=O)c1n[nH]c2c1C(F)(F)CC2. The third-order valence-corrected chi connectivity index (χ3v) is 2.23. The van der Waals surface area contributed by atoms with Gasteiger partial charge in [0.25, 0.3) is 5.92 Å².